The smallest absolute Gasteiger partial charge is 0.161 e. The quantitative estimate of drug-likeness (QED) is 0.545. The van der Waals surface area contributed by atoms with Gasteiger partial charge in [0.05, 0.1) is 39.9 Å². The number of nitrogens with zero attached hydrogens (tertiary/aromatic N) is 1. The molecule has 0 spiro atoms. The average Bonchev–Trinajstić information content (AvgIpc) is 2.85. The van der Waals surface area contributed by atoms with E-state index in [1.54, 1.807) is 28.4 Å². The summed E-state index contributed by atoms with van der Waals surface area (Å²) < 4.78 is 21.8. The van der Waals surface area contributed by atoms with Gasteiger partial charge in [-0.05, 0) is 72.6 Å². The van der Waals surface area contributed by atoms with E-state index in [1.807, 2.05) is 18.2 Å². The second-order valence-corrected chi connectivity index (χ2v) is 8.96. The summed E-state index contributed by atoms with van der Waals surface area (Å²) in [6.07, 6.45) is 3.67. The third-order valence-electron chi connectivity index (χ3n) is 6.96. The Morgan fingerprint density at radius 1 is 0.939 bits per heavy atom. The first-order valence-electron chi connectivity index (χ1n) is 11.5. The highest BCUT2D eigenvalue weighted by Gasteiger charge is 2.36. The monoisotopic (exact) mass is 452 g/mol. The van der Waals surface area contributed by atoms with Crippen molar-refractivity contribution in [3.63, 3.8) is 0 Å². The third kappa shape index (κ3) is 5.04. The first-order chi connectivity index (χ1) is 15.9. The minimum absolute atomic E-state index is 0.164. The maximum atomic E-state index is 10.3. The lowest BCUT2D eigenvalue weighted by molar-refractivity contribution is 0.329. The molecule has 1 heterocycles. The molecule has 1 aliphatic rings. The van der Waals surface area contributed by atoms with Gasteiger partial charge < -0.3 is 24.3 Å². The Bertz CT molecular complexity index is 998. The fourth-order valence-electron chi connectivity index (χ4n) is 4.87. The van der Waals surface area contributed by atoms with E-state index in [4.69, 9.17) is 18.9 Å². The van der Waals surface area contributed by atoms with Crippen LogP contribution in [0.1, 0.15) is 49.8 Å². The fraction of sp³-hybridized carbons (Fsp3) is 0.519. The standard InChI is InChI=1S/C27H36N2O4/c1-18(2)27(17-28,21-9-10-23(30-3)26(15-21)33-6)11-7-8-22-12-19-13-24(31-4)25(32-5)14-20(19)16-29-22/h9-10,13-15,18,22,29H,7-8,11-12,16H2,1-6H3/t22-,27+/m1/s1. The lowest BCUT2D eigenvalue weighted by Gasteiger charge is -2.33. The second kappa shape index (κ2) is 10.8. The Morgan fingerprint density at radius 2 is 1.55 bits per heavy atom. The third-order valence-corrected chi connectivity index (χ3v) is 6.96. The van der Waals surface area contributed by atoms with Crippen molar-refractivity contribution in [2.24, 2.45) is 5.92 Å². The number of nitriles is 1. The molecule has 0 fully saturated rings. The zero-order chi connectivity index (χ0) is 24.0. The summed E-state index contributed by atoms with van der Waals surface area (Å²) in [5, 5.41) is 14.0. The SMILES string of the molecule is COc1ccc([C@](C#N)(CCC[C@@H]2Cc3cc(OC)c(OC)cc3CN2)C(C)C)cc1OC. The van der Waals surface area contributed by atoms with E-state index >= 15 is 0 Å². The van der Waals surface area contributed by atoms with Gasteiger partial charge in [-0.25, -0.2) is 0 Å². The first kappa shape index (κ1) is 24.7. The van der Waals surface area contributed by atoms with Crippen LogP contribution in [0.3, 0.4) is 0 Å². The maximum absolute atomic E-state index is 10.3. The summed E-state index contributed by atoms with van der Waals surface area (Å²) in [6, 6.07) is 13.0. The molecule has 6 heteroatoms. The minimum atomic E-state index is -0.581. The Morgan fingerprint density at radius 3 is 2.12 bits per heavy atom. The van der Waals surface area contributed by atoms with Gasteiger partial charge in [0.15, 0.2) is 23.0 Å². The van der Waals surface area contributed by atoms with Crippen molar-refractivity contribution in [2.75, 3.05) is 28.4 Å². The molecule has 0 saturated heterocycles. The van der Waals surface area contributed by atoms with E-state index in [2.05, 4.69) is 37.4 Å². The van der Waals surface area contributed by atoms with Crippen molar-refractivity contribution in [3.05, 3.63) is 47.0 Å². The number of benzene rings is 2. The topological polar surface area (TPSA) is 72.7 Å². The van der Waals surface area contributed by atoms with E-state index in [1.165, 1.54) is 11.1 Å². The van der Waals surface area contributed by atoms with Gasteiger partial charge in [0.2, 0.25) is 0 Å². The van der Waals surface area contributed by atoms with Gasteiger partial charge in [-0.2, -0.15) is 5.26 Å². The van der Waals surface area contributed by atoms with Crippen molar-refractivity contribution < 1.29 is 18.9 Å². The summed E-state index contributed by atoms with van der Waals surface area (Å²) in [6.45, 7) is 5.05. The van der Waals surface area contributed by atoms with E-state index in [0.717, 1.165) is 49.3 Å². The normalized spacial score (nSPS) is 17.0. The molecule has 2 atom stereocenters. The number of ether oxygens (including phenoxy) is 4. The maximum Gasteiger partial charge on any atom is 0.161 e. The number of hydrogen-bond donors (Lipinski definition) is 1. The number of rotatable bonds is 10. The van der Waals surface area contributed by atoms with Crippen LogP contribution in [0.15, 0.2) is 30.3 Å². The van der Waals surface area contributed by atoms with Gasteiger partial charge in [0, 0.05) is 12.6 Å². The summed E-state index contributed by atoms with van der Waals surface area (Å²) in [5.74, 6) is 3.03. The Hall–Kier alpha value is -2.91. The molecule has 1 N–H and O–H groups in total. The number of fused-ring (bicyclic) bond motifs is 1. The van der Waals surface area contributed by atoms with Gasteiger partial charge in [0.25, 0.3) is 0 Å². The molecule has 6 nitrogen and oxygen atoms in total. The summed E-state index contributed by atoms with van der Waals surface area (Å²) in [5.41, 5.74) is 2.95. The van der Waals surface area contributed by atoms with Gasteiger partial charge in [-0.3, -0.25) is 0 Å². The fourth-order valence-corrected chi connectivity index (χ4v) is 4.87. The van der Waals surface area contributed by atoms with Crippen LogP contribution in [-0.2, 0) is 18.4 Å². The molecule has 1 aliphatic heterocycles. The molecular formula is C27H36N2O4. The largest absolute Gasteiger partial charge is 0.493 e. The molecular weight excluding hydrogens is 416 g/mol. The van der Waals surface area contributed by atoms with E-state index in [9.17, 15) is 5.26 Å². The zero-order valence-corrected chi connectivity index (χ0v) is 20.7. The van der Waals surface area contributed by atoms with Crippen molar-refractivity contribution >= 4 is 0 Å². The lowest BCUT2D eigenvalue weighted by Crippen LogP contribution is -2.36. The predicted molar refractivity (Wildman–Crippen MR) is 129 cm³/mol. The molecule has 0 radical (unpaired) electrons. The van der Waals surface area contributed by atoms with Crippen LogP contribution in [0.5, 0.6) is 23.0 Å². The number of nitrogens with one attached hydrogen (secondary N) is 1. The first-order valence-corrected chi connectivity index (χ1v) is 11.5. The van der Waals surface area contributed by atoms with Crippen molar-refractivity contribution in [1.82, 2.24) is 5.32 Å². The van der Waals surface area contributed by atoms with Gasteiger partial charge in [-0.15, -0.1) is 0 Å². The van der Waals surface area contributed by atoms with Crippen LogP contribution in [0.25, 0.3) is 0 Å². The van der Waals surface area contributed by atoms with Gasteiger partial charge in [0.1, 0.15) is 0 Å². The molecule has 0 aliphatic carbocycles. The van der Waals surface area contributed by atoms with E-state index < -0.39 is 5.41 Å². The number of methoxy groups -OCH3 is 4. The Labute approximate surface area is 197 Å². The summed E-state index contributed by atoms with van der Waals surface area (Å²) in [4.78, 5) is 0. The Balaban J connectivity index is 1.73. The molecule has 33 heavy (non-hydrogen) atoms. The molecule has 2 aromatic carbocycles. The molecule has 2 aromatic rings. The van der Waals surface area contributed by atoms with Crippen LogP contribution >= 0.6 is 0 Å². The van der Waals surface area contributed by atoms with E-state index in [-0.39, 0.29) is 5.92 Å². The van der Waals surface area contributed by atoms with Crippen LogP contribution in [0.4, 0.5) is 0 Å². The highest BCUT2D eigenvalue weighted by atomic mass is 16.5. The summed E-state index contributed by atoms with van der Waals surface area (Å²) in [7, 11) is 6.59. The van der Waals surface area contributed by atoms with Crippen LogP contribution in [0, 0.1) is 17.2 Å². The molecule has 0 aromatic heterocycles. The molecule has 3 rings (SSSR count). The van der Waals surface area contributed by atoms with Gasteiger partial charge in [-0.1, -0.05) is 19.9 Å². The second-order valence-electron chi connectivity index (χ2n) is 8.96. The van der Waals surface area contributed by atoms with Crippen molar-refractivity contribution in [2.45, 2.75) is 57.5 Å². The number of hydrogen-bond acceptors (Lipinski definition) is 6. The summed E-state index contributed by atoms with van der Waals surface area (Å²) >= 11 is 0. The molecule has 0 unspecified atom stereocenters. The highest BCUT2D eigenvalue weighted by Crippen LogP contribution is 2.41. The molecule has 0 saturated carbocycles. The predicted octanol–water partition coefficient (Wildman–Crippen LogP) is 5.02. The molecule has 178 valence electrons. The molecule has 0 amide bonds. The van der Waals surface area contributed by atoms with Crippen LogP contribution < -0.4 is 24.3 Å². The Kier molecular flexibility index (Phi) is 8.10. The van der Waals surface area contributed by atoms with Crippen molar-refractivity contribution in [1.29, 1.82) is 5.26 Å². The minimum Gasteiger partial charge on any atom is -0.493 e. The van der Waals surface area contributed by atoms with Crippen molar-refractivity contribution in [3.8, 4) is 29.1 Å². The zero-order valence-electron chi connectivity index (χ0n) is 20.7. The van der Waals surface area contributed by atoms with Gasteiger partial charge >= 0.3 is 0 Å². The van der Waals surface area contributed by atoms with E-state index in [0.29, 0.717) is 17.5 Å². The van der Waals surface area contributed by atoms with Crippen LogP contribution in [0.2, 0.25) is 0 Å². The lowest BCUT2D eigenvalue weighted by atomic mass is 9.69. The highest BCUT2D eigenvalue weighted by molar-refractivity contribution is 5.49. The van der Waals surface area contributed by atoms with Crippen LogP contribution in [-0.4, -0.2) is 34.5 Å². The molecule has 0 bridgehead atoms. The average molecular weight is 453 g/mol.